The van der Waals surface area contributed by atoms with Gasteiger partial charge in [0.2, 0.25) is 0 Å². The lowest BCUT2D eigenvalue weighted by atomic mass is 10.2. The van der Waals surface area contributed by atoms with Gasteiger partial charge in [0.1, 0.15) is 5.75 Å². The highest BCUT2D eigenvalue weighted by Crippen LogP contribution is 2.07. The van der Waals surface area contributed by atoms with Crippen LogP contribution < -0.4 is 0 Å². The van der Waals surface area contributed by atoms with E-state index >= 15 is 0 Å². The quantitative estimate of drug-likeness (QED) is 0.609. The lowest BCUT2D eigenvalue weighted by Crippen LogP contribution is -1.66. The molecule has 1 aromatic rings. The summed E-state index contributed by atoms with van der Waals surface area (Å²) in [5.41, 5.74) is 1.17. The third-order valence-electron chi connectivity index (χ3n) is 1.03. The van der Waals surface area contributed by atoms with Crippen molar-refractivity contribution in [2.24, 2.45) is 0 Å². The number of hydrogen-bond acceptors (Lipinski definition) is 2. The van der Waals surface area contributed by atoms with Gasteiger partial charge >= 0.3 is 0 Å². The SMILES string of the molecule is CC.Cc1ccc(O)cc1.O=CO. The molecular formula is C10H16O3. The molecule has 0 saturated carbocycles. The van der Waals surface area contributed by atoms with Gasteiger partial charge in [-0.3, -0.25) is 4.79 Å². The molecule has 0 aliphatic heterocycles. The Labute approximate surface area is 78.7 Å². The van der Waals surface area contributed by atoms with Crippen LogP contribution in [0.2, 0.25) is 0 Å². The Bertz CT molecular complexity index is 183. The summed E-state index contributed by atoms with van der Waals surface area (Å²) in [6.45, 7) is 5.74. The van der Waals surface area contributed by atoms with Crippen molar-refractivity contribution in [1.82, 2.24) is 0 Å². The molecule has 0 unspecified atom stereocenters. The van der Waals surface area contributed by atoms with E-state index in [2.05, 4.69) is 0 Å². The van der Waals surface area contributed by atoms with E-state index in [0.29, 0.717) is 5.75 Å². The highest BCUT2D eigenvalue weighted by Gasteiger charge is 1.82. The van der Waals surface area contributed by atoms with Gasteiger partial charge in [0.25, 0.3) is 6.47 Å². The first-order valence-corrected chi connectivity index (χ1v) is 4.04. The van der Waals surface area contributed by atoms with Crippen molar-refractivity contribution >= 4 is 6.47 Å². The van der Waals surface area contributed by atoms with E-state index in [9.17, 15) is 0 Å². The van der Waals surface area contributed by atoms with Gasteiger partial charge in [-0.2, -0.15) is 0 Å². The predicted molar refractivity (Wildman–Crippen MR) is 52.9 cm³/mol. The van der Waals surface area contributed by atoms with Crippen molar-refractivity contribution in [1.29, 1.82) is 0 Å². The van der Waals surface area contributed by atoms with Crippen molar-refractivity contribution in [3.8, 4) is 5.75 Å². The Morgan fingerprint density at radius 2 is 1.46 bits per heavy atom. The highest BCUT2D eigenvalue weighted by atomic mass is 16.3. The number of benzene rings is 1. The maximum Gasteiger partial charge on any atom is 0.290 e. The van der Waals surface area contributed by atoms with E-state index in [1.807, 2.05) is 32.9 Å². The van der Waals surface area contributed by atoms with Crippen LogP contribution in [0.4, 0.5) is 0 Å². The first kappa shape index (κ1) is 14.0. The minimum atomic E-state index is -0.250. The van der Waals surface area contributed by atoms with Crippen LogP contribution >= 0.6 is 0 Å². The average Bonchev–Trinajstić information content (AvgIpc) is 2.15. The summed E-state index contributed by atoms with van der Waals surface area (Å²) in [4.78, 5) is 8.36. The molecule has 3 nitrogen and oxygen atoms in total. The van der Waals surface area contributed by atoms with Gasteiger partial charge in [-0.05, 0) is 19.1 Å². The van der Waals surface area contributed by atoms with Gasteiger partial charge in [-0.1, -0.05) is 31.5 Å². The maximum atomic E-state index is 8.76. The zero-order valence-corrected chi connectivity index (χ0v) is 8.19. The van der Waals surface area contributed by atoms with E-state index in [0.717, 1.165) is 0 Å². The molecule has 0 radical (unpaired) electrons. The molecular weight excluding hydrogens is 168 g/mol. The number of carboxylic acid groups (broad SMARTS) is 1. The maximum absolute atomic E-state index is 8.76. The number of phenols is 1. The molecule has 0 aliphatic carbocycles. The molecule has 1 rings (SSSR count). The number of hydrogen-bond donors (Lipinski definition) is 2. The smallest absolute Gasteiger partial charge is 0.290 e. The minimum absolute atomic E-state index is 0.250. The van der Waals surface area contributed by atoms with E-state index < -0.39 is 0 Å². The normalized spacial score (nSPS) is 7.00. The summed E-state index contributed by atoms with van der Waals surface area (Å²) >= 11 is 0. The Morgan fingerprint density at radius 1 is 1.15 bits per heavy atom. The Morgan fingerprint density at radius 3 is 1.69 bits per heavy atom. The first-order valence-electron chi connectivity index (χ1n) is 4.04. The number of aromatic hydroxyl groups is 1. The Hall–Kier alpha value is -1.51. The lowest BCUT2D eigenvalue weighted by molar-refractivity contribution is -0.122. The second-order valence-electron chi connectivity index (χ2n) is 1.94. The summed E-state index contributed by atoms with van der Waals surface area (Å²) < 4.78 is 0. The topological polar surface area (TPSA) is 57.5 Å². The number of aryl methyl sites for hydroxylation is 1. The molecule has 74 valence electrons. The average molecular weight is 184 g/mol. The van der Waals surface area contributed by atoms with Crippen LogP contribution in [0.15, 0.2) is 24.3 Å². The van der Waals surface area contributed by atoms with Crippen molar-refractivity contribution < 1.29 is 15.0 Å². The third kappa shape index (κ3) is 10.5. The van der Waals surface area contributed by atoms with Crippen molar-refractivity contribution in [2.75, 3.05) is 0 Å². The number of carbonyl (C=O) groups is 1. The summed E-state index contributed by atoms with van der Waals surface area (Å²) in [7, 11) is 0. The molecule has 3 heteroatoms. The van der Waals surface area contributed by atoms with Crippen LogP contribution in [0.25, 0.3) is 0 Å². The fourth-order valence-corrected chi connectivity index (χ4v) is 0.545. The third-order valence-corrected chi connectivity index (χ3v) is 1.03. The summed E-state index contributed by atoms with van der Waals surface area (Å²) in [6, 6.07) is 7.09. The Kier molecular flexibility index (Phi) is 11.3. The molecule has 0 fully saturated rings. The molecule has 1 aromatic carbocycles. The monoisotopic (exact) mass is 184 g/mol. The van der Waals surface area contributed by atoms with Gasteiger partial charge in [0.15, 0.2) is 0 Å². The molecule has 0 heterocycles. The molecule has 13 heavy (non-hydrogen) atoms. The summed E-state index contributed by atoms with van der Waals surface area (Å²) in [5.74, 6) is 0.329. The molecule has 0 aromatic heterocycles. The largest absolute Gasteiger partial charge is 0.508 e. The van der Waals surface area contributed by atoms with E-state index in [4.69, 9.17) is 15.0 Å². The molecule has 0 spiro atoms. The van der Waals surface area contributed by atoms with Crippen LogP contribution in [0.1, 0.15) is 19.4 Å². The molecule has 0 amide bonds. The van der Waals surface area contributed by atoms with Crippen LogP contribution in [0.5, 0.6) is 5.75 Å². The summed E-state index contributed by atoms with van der Waals surface area (Å²) in [6.07, 6.45) is 0. The summed E-state index contributed by atoms with van der Waals surface area (Å²) in [5, 5.41) is 15.6. The number of rotatable bonds is 0. The molecule has 0 atom stereocenters. The van der Waals surface area contributed by atoms with Crippen LogP contribution in [0.3, 0.4) is 0 Å². The van der Waals surface area contributed by atoms with Gasteiger partial charge < -0.3 is 10.2 Å². The van der Waals surface area contributed by atoms with Crippen LogP contribution in [-0.4, -0.2) is 16.7 Å². The fraction of sp³-hybridized carbons (Fsp3) is 0.300. The van der Waals surface area contributed by atoms with Gasteiger partial charge in [-0.15, -0.1) is 0 Å². The first-order chi connectivity index (χ1) is 6.20. The van der Waals surface area contributed by atoms with Gasteiger partial charge in [-0.25, -0.2) is 0 Å². The predicted octanol–water partition coefficient (Wildman–Crippen LogP) is 2.43. The minimum Gasteiger partial charge on any atom is -0.508 e. The Balaban J connectivity index is 0. The van der Waals surface area contributed by atoms with E-state index in [-0.39, 0.29) is 6.47 Å². The second kappa shape index (κ2) is 10.5. The van der Waals surface area contributed by atoms with Crippen molar-refractivity contribution in [3.05, 3.63) is 29.8 Å². The number of phenolic OH excluding ortho intramolecular Hbond substituents is 1. The highest BCUT2D eigenvalue weighted by molar-refractivity contribution is 5.32. The van der Waals surface area contributed by atoms with E-state index in [1.165, 1.54) is 5.56 Å². The molecule has 0 aliphatic rings. The standard InChI is InChI=1S/C7H8O.C2H6.CH2O2/c1-6-2-4-7(8)5-3-6;1-2;2-1-3/h2-5,8H,1H3;1-2H3;1H,(H,2,3). The van der Waals surface area contributed by atoms with Crippen LogP contribution in [-0.2, 0) is 4.79 Å². The second-order valence-corrected chi connectivity index (χ2v) is 1.94. The van der Waals surface area contributed by atoms with Crippen LogP contribution in [0, 0.1) is 6.92 Å². The zero-order chi connectivity index (χ0) is 10.7. The fourth-order valence-electron chi connectivity index (χ4n) is 0.545. The van der Waals surface area contributed by atoms with Gasteiger partial charge in [0, 0.05) is 0 Å². The van der Waals surface area contributed by atoms with Crippen molar-refractivity contribution in [2.45, 2.75) is 20.8 Å². The van der Waals surface area contributed by atoms with Gasteiger partial charge in [0.05, 0.1) is 0 Å². The molecule has 0 bridgehead atoms. The van der Waals surface area contributed by atoms with E-state index in [1.54, 1.807) is 12.1 Å². The molecule has 0 saturated heterocycles. The zero-order valence-electron chi connectivity index (χ0n) is 8.19. The lowest BCUT2D eigenvalue weighted by Gasteiger charge is -1.89. The molecule has 2 N–H and O–H groups in total. The van der Waals surface area contributed by atoms with Crippen molar-refractivity contribution in [3.63, 3.8) is 0 Å².